The van der Waals surface area contributed by atoms with E-state index in [2.05, 4.69) is 31.2 Å². The highest BCUT2D eigenvalue weighted by atomic mass is 16.3. The molecule has 1 N–H and O–H groups in total. The molecule has 0 spiro atoms. The highest BCUT2D eigenvalue weighted by molar-refractivity contribution is 5.33. The first kappa shape index (κ1) is 8.76. The molecule has 0 fully saturated rings. The SMILES string of the molecule is CC[C@@H]1c2ccccc2CC[C@@H]1O. The summed E-state index contributed by atoms with van der Waals surface area (Å²) in [6.07, 6.45) is 2.88. The zero-order chi connectivity index (χ0) is 9.26. The molecule has 2 atom stereocenters. The van der Waals surface area contributed by atoms with E-state index in [9.17, 15) is 5.11 Å². The van der Waals surface area contributed by atoms with E-state index in [4.69, 9.17) is 0 Å². The van der Waals surface area contributed by atoms with Crippen LogP contribution in [0.5, 0.6) is 0 Å². The summed E-state index contributed by atoms with van der Waals surface area (Å²) >= 11 is 0. The fraction of sp³-hybridized carbons (Fsp3) is 0.500. The molecule has 1 aliphatic carbocycles. The third kappa shape index (κ3) is 1.49. The van der Waals surface area contributed by atoms with Gasteiger partial charge in [-0.05, 0) is 30.4 Å². The van der Waals surface area contributed by atoms with Crippen molar-refractivity contribution in [2.45, 2.75) is 38.2 Å². The lowest BCUT2D eigenvalue weighted by molar-refractivity contribution is 0.124. The van der Waals surface area contributed by atoms with Crippen molar-refractivity contribution in [1.82, 2.24) is 0 Å². The standard InChI is InChI=1S/C12H16O/c1-2-10-11-6-4-3-5-9(11)7-8-12(10)13/h3-6,10,12-13H,2,7-8H2,1H3/t10-,12+/m1/s1. The average Bonchev–Trinajstić information content (AvgIpc) is 2.18. The van der Waals surface area contributed by atoms with Gasteiger partial charge in [0.05, 0.1) is 6.10 Å². The maximum atomic E-state index is 9.82. The van der Waals surface area contributed by atoms with Crippen molar-refractivity contribution in [3.8, 4) is 0 Å². The van der Waals surface area contributed by atoms with Crippen LogP contribution >= 0.6 is 0 Å². The Morgan fingerprint density at radius 2 is 2.15 bits per heavy atom. The van der Waals surface area contributed by atoms with Crippen LogP contribution in [0.4, 0.5) is 0 Å². The monoisotopic (exact) mass is 176 g/mol. The Labute approximate surface area is 79.4 Å². The zero-order valence-corrected chi connectivity index (χ0v) is 8.03. The molecule has 0 aromatic heterocycles. The molecule has 1 aromatic rings. The van der Waals surface area contributed by atoms with Crippen molar-refractivity contribution < 1.29 is 5.11 Å². The number of hydrogen-bond acceptors (Lipinski definition) is 1. The highest BCUT2D eigenvalue weighted by Gasteiger charge is 2.25. The summed E-state index contributed by atoms with van der Waals surface area (Å²) in [5.74, 6) is 0.366. The van der Waals surface area contributed by atoms with Crippen molar-refractivity contribution >= 4 is 0 Å². The van der Waals surface area contributed by atoms with E-state index >= 15 is 0 Å². The second-order valence-electron chi connectivity index (χ2n) is 3.82. The molecular weight excluding hydrogens is 160 g/mol. The summed E-state index contributed by atoms with van der Waals surface area (Å²) in [6, 6.07) is 8.50. The Balaban J connectivity index is 2.39. The first-order chi connectivity index (χ1) is 6.33. The molecule has 0 aliphatic heterocycles. The fourth-order valence-electron chi connectivity index (χ4n) is 2.33. The smallest absolute Gasteiger partial charge is 0.0611 e. The van der Waals surface area contributed by atoms with Gasteiger partial charge in [0.2, 0.25) is 0 Å². The molecule has 70 valence electrons. The van der Waals surface area contributed by atoms with Crippen LogP contribution in [-0.2, 0) is 6.42 Å². The van der Waals surface area contributed by atoms with Crippen molar-refractivity contribution in [3.05, 3.63) is 35.4 Å². The van der Waals surface area contributed by atoms with Crippen LogP contribution in [0.25, 0.3) is 0 Å². The second-order valence-corrected chi connectivity index (χ2v) is 3.82. The number of rotatable bonds is 1. The van der Waals surface area contributed by atoms with Gasteiger partial charge in [-0.3, -0.25) is 0 Å². The van der Waals surface area contributed by atoms with Gasteiger partial charge in [-0.2, -0.15) is 0 Å². The largest absolute Gasteiger partial charge is 0.392 e. The van der Waals surface area contributed by atoms with Crippen LogP contribution in [0.15, 0.2) is 24.3 Å². The Bertz CT molecular complexity index is 293. The van der Waals surface area contributed by atoms with E-state index in [0.717, 1.165) is 19.3 Å². The predicted octanol–water partition coefficient (Wildman–Crippen LogP) is 2.49. The van der Waals surface area contributed by atoms with Crippen molar-refractivity contribution in [2.24, 2.45) is 0 Å². The summed E-state index contributed by atoms with van der Waals surface area (Å²) in [5, 5.41) is 9.82. The molecule has 0 unspecified atom stereocenters. The van der Waals surface area contributed by atoms with Gasteiger partial charge in [0.25, 0.3) is 0 Å². The number of aliphatic hydroxyl groups is 1. The minimum absolute atomic E-state index is 0.125. The van der Waals surface area contributed by atoms with Crippen LogP contribution in [0.1, 0.15) is 36.8 Å². The molecule has 0 radical (unpaired) electrons. The van der Waals surface area contributed by atoms with Crippen LogP contribution in [0, 0.1) is 0 Å². The minimum atomic E-state index is -0.125. The van der Waals surface area contributed by atoms with E-state index in [1.165, 1.54) is 11.1 Å². The van der Waals surface area contributed by atoms with Crippen molar-refractivity contribution in [3.63, 3.8) is 0 Å². The number of aryl methyl sites for hydroxylation is 1. The zero-order valence-electron chi connectivity index (χ0n) is 8.03. The third-order valence-corrected chi connectivity index (χ3v) is 3.07. The van der Waals surface area contributed by atoms with Gasteiger partial charge in [-0.1, -0.05) is 31.2 Å². The Hall–Kier alpha value is -0.820. The van der Waals surface area contributed by atoms with Crippen LogP contribution in [0.2, 0.25) is 0 Å². The number of hydrogen-bond donors (Lipinski definition) is 1. The van der Waals surface area contributed by atoms with E-state index in [0.29, 0.717) is 5.92 Å². The Morgan fingerprint density at radius 3 is 2.92 bits per heavy atom. The summed E-state index contributed by atoms with van der Waals surface area (Å²) in [7, 11) is 0. The van der Waals surface area contributed by atoms with Crippen LogP contribution < -0.4 is 0 Å². The van der Waals surface area contributed by atoms with Crippen molar-refractivity contribution in [2.75, 3.05) is 0 Å². The fourth-order valence-corrected chi connectivity index (χ4v) is 2.33. The first-order valence-corrected chi connectivity index (χ1v) is 5.08. The van der Waals surface area contributed by atoms with E-state index in [-0.39, 0.29) is 6.10 Å². The molecule has 1 aliphatic rings. The Morgan fingerprint density at radius 1 is 1.38 bits per heavy atom. The van der Waals surface area contributed by atoms with Gasteiger partial charge in [-0.15, -0.1) is 0 Å². The summed E-state index contributed by atoms with van der Waals surface area (Å²) in [6.45, 7) is 2.15. The van der Waals surface area contributed by atoms with E-state index in [1.54, 1.807) is 0 Å². The van der Waals surface area contributed by atoms with Gasteiger partial charge < -0.3 is 5.11 Å². The molecule has 0 saturated carbocycles. The summed E-state index contributed by atoms with van der Waals surface area (Å²) in [4.78, 5) is 0. The van der Waals surface area contributed by atoms with Gasteiger partial charge in [0.1, 0.15) is 0 Å². The van der Waals surface area contributed by atoms with E-state index in [1.807, 2.05) is 0 Å². The number of aliphatic hydroxyl groups excluding tert-OH is 1. The number of fused-ring (bicyclic) bond motifs is 1. The molecule has 13 heavy (non-hydrogen) atoms. The number of benzene rings is 1. The molecule has 2 rings (SSSR count). The molecule has 1 heteroatoms. The first-order valence-electron chi connectivity index (χ1n) is 5.08. The average molecular weight is 176 g/mol. The van der Waals surface area contributed by atoms with Gasteiger partial charge in [-0.25, -0.2) is 0 Å². The quantitative estimate of drug-likeness (QED) is 0.697. The molecule has 0 saturated heterocycles. The van der Waals surface area contributed by atoms with Crippen LogP contribution in [0.3, 0.4) is 0 Å². The highest BCUT2D eigenvalue weighted by Crippen LogP contribution is 2.33. The maximum Gasteiger partial charge on any atom is 0.0611 e. The molecule has 1 aromatic carbocycles. The topological polar surface area (TPSA) is 20.2 Å². The maximum absolute atomic E-state index is 9.82. The summed E-state index contributed by atoms with van der Waals surface area (Å²) in [5.41, 5.74) is 2.79. The minimum Gasteiger partial charge on any atom is -0.392 e. The second kappa shape index (κ2) is 3.51. The Kier molecular flexibility index (Phi) is 2.36. The van der Waals surface area contributed by atoms with Gasteiger partial charge in [0, 0.05) is 5.92 Å². The van der Waals surface area contributed by atoms with Gasteiger partial charge in [0.15, 0.2) is 0 Å². The van der Waals surface area contributed by atoms with E-state index < -0.39 is 0 Å². The lowest BCUT2D eigenvalue weighted by Gasteiger charge is -2.29. The molecule has 1 nitrogen and oxygen atoms in total. The molecule has 0 bridgehead atoms. The predicted molar refractivity (Wildman–Crippen MR) is 53.8 cm³/mol. The van der Waals surface area contributed by atoms with Crippen molar-refractivity contribution in [1.29, 1.82) is 0 Å². The third-order valence-electron chi connectivity index (χ3n) is 3.07. The lowest BCUT2D eigenvalue weighted by atomic mass is 9.79. The molecule has 0 amide bonds. The molecular formula is C12H16O. The summed E-state index contributed by atoms with van der Waals surface area (Å²) < 4.78 is 0. The van der Waals surface area contributed by atoms with Gasteiger partial charge >= 0.3 is 0 Å². The van der Waals surface area contributed by atoms with Crippen LogP contribution in [-0.4, -0.2) is 11.2 Å². The molecule has 0 heterocycles. The lowest BCUT2D eigenvalue weighted by Crippen LogP contribution is -2.24. The normalized spacial score (nSPS) is 26.9.